The van der Waals surface area contributed by atoms with Gasteiger partial charge in [0.05, 0.1) is 6.04 Å². The third-order valence-corrected chi connectivity index (χ3v) is 3.95. The third kappa shape index (κ3) is 4.50. The van der Waals surface area contributed by atoms with E-state index in [0.29, 0.717) is 11.1 Å². The first-order valence-electron chi connectivity index (χ1n) is 7.80. The number of Topliss-reactive ketones (excluding diaryl/α,β-unsaturated/α-hetero) is 1. The molecule has 0 aliphatic carbocycles. The Hall–Kier alpha value is -3.10. The fraction of sp³-hybridized carbons (Fsp3) is 0.222. The van der Waals surface area contributed by atoms with Gasteiger partial charge in [-0.2, -0.15) is 0 Å². The normalized spacial score (nSPS) is 13.2. The number of benzene rings is 2. The molecule has 0 fully saturated rings. The highest BCUT2D eigenvalue weighted by molar-refractivity contribution is 6.01. The largest absolute Gasteiger partial charge is 0.508 e. The van der Waals surface area contributed by atoms with E-state index in [2.05, 4.69) is 0 Å². The van der Waals surface area contributed by atoms with Gasteiger partial charge in [-0.1, -0.05) is 12.1 Å². The fourth-order valence-corrected chi connectivity index (χ4v) is 2.54. The molecular formula is C18H20N2O6. The zero-order chi connectivity index (χ0) is 19.4. The molecule has 0 aliphatic rings. The molecule has 0 heterocycles. The number of nitrogens with two attached hydrogens (primary N) is 2. The van der Waals surface area contributed by atoms with Crippen molar-refractivity contribution in [1.29, 1.82) is 0 Å². The number of carbonyl (C=O) groups excluding carboxylic acids is 1. The molecule has 0 aromatic heterocycles. The number of carbonyl (C=O) groups is 2. The highest BCUT2D eigenvalue weighted by Gasteiger charge is 2.23. The number of carboxylic acid groups (broad SMARTS) is 1. The van der Waals surface area contributed by atoms with E-state index >= 15 is 0 Å². The number of rotatable bonds is 7. The lowest BCUT2D eigenvalue weighted by Crippen LogP contribution is -2.35. The summed E-state index contributed by atoms with van der Waals surface area (Å²) >= 11 is 0. The van der Waals surface area contributed by atoms with Crippen LogP contribution in [0.25, 0.3) is 0 Å². The number of ketones is 1. The predicted molar refractivity (Wildman–Crippen MR) is 93.2 cm³/mol. The molecule has 0 saturated carbocycles. The maximum absolute atomic E-state index is 12.7. The first-order valence-corrected chi connectivity index (χ1v) is 7.80. The molecule has 0 spiro atoms. The Labute approximate surface area is 149 Å². The molecule has 26 heavy (non-hydrogen) atoms. The van der Waals surface area contributed by atoms with Gasteiger partial charge in [0.15, 0.2) is 17.3 Å². The van der Waals surface area contributed by atoms with E-state index in [4.69, 9.17) is 16.6 Å². The highest BCUT2D eigenvalue weighted by Crippen LogP contribution is 2.26. The minimum Gasteiger partial charge on any atom is -0.508 e. The lowest BCUT2D eigenvalue weighted by atomic mass is 9.92. The minimum atomic E-state index is -1.21. The number of phenols is 3. The molecule has 0 radical (unpaired) electrons. The number of aromatic hydroxyl groups is 3. The second kappa shape index (κ2) is 7.85. The Morgan fingerprint density at radius 3 is 2.19 bits per heavy atom. The van der Waals surface area contributed by atoms with E-state index in [9.17, 15) is 24.9 Å². The summed E-state index contributed by atoms with van der Waals surface area (Å²) in [6.45, 7) is 0. The molecule has 8 N–H and O–H groups in total. The van der Waals surface area contributed by atoms with E-state index in [1.165, 1.54) is 36.4 Å². The van der Waals surface area contributed by atoms with Crippen LogP contribution in [0.1, 0.15) is 21.5 Å². The van der Waals surface area contributed by atoms with Crippen LogP contribution in [0.15, 0.2) is 36.4 Å². The van der Waals surface area contributed by atoms with Gasteiger partial charge < -0.3 is 31.9 Å². The zero-order valence-corrected chi connectivity index (χ0v) is 13.8. The Kier molecular flexibility index (Phi) is 5.81. The maximum Gasteiger partial charge on any atom is 0.320 e. The number of carboxylic acids is 1. The topological polar surface area (TPSA) is 167 Å². The van der Waals surface area contributed by atoms with Crippen molar-refractivity contribution in [3.05, 3.63) is 53.1 Å². The average Bonchev–Trinajstić information content (AvgIpc) is 2.58. The van der Waals surface area contributed by atoms with Crippen molar-refractivity contribution >= 4 is 11.8 Å². The van der Waals surface area contributed by atoms with Crippen molar-refractivity contribution in [2.24, 2.45) is 11.5 Å². The second-order valence-electron chi connectivity index (χ2n) is 5.99. The molecule has 2 aromatic rings. The van der Waals surface area contributed by atoms with E-state index < -0.39 is 23.8 Å². The van der Waals surface area contributed by atoms with Gasteiger partial charge in [0, 0.05) is 5.56 Å². The quantitative estimate of drug-likeness (QED) is 0.307. The van der Waals surface area contributed by atoms with Gasteiger partial charge in [0.1, 0.15) is 11.8 Å². The Morgan fingerprint density at radius 2 is 1.58 bits per heavy atom. The van der Waals surface area contributed by atoms with E-state index in [0.717, 1.165) is 0 Å². The zero-order valence-electron chi connectivity index (χ0n) is 13.8. The number of aliphatic carboxylic acids is 1. The summed E-state index contributed by atoms with van der Waals surface area (Å²) in [5, 5.41) is 37.5. The second-order valence-corrected chi connectivity index (χ2v) is 5.99. The Balaban J connectivity index is 2.25. The predicted octanol–water partition coefficient (Wildman–Crippen LogP) is 0.510. The molecule has 0 saturated heterocycles. The van der Waals surface area contributed by atoms with E-state index in [1.807, 2.05) is 0 Å². The number of hydrogen-bond donors (Lipinski definition) is 6. The standard InChI is InChI=1S/C18H20N2O6/c19-13(5-9-1-4-15(22)16(23)6-9)17(24)12-8-11(21)3-2-10(12)7-14(20)18(25)26/h1-4,6,8,13-14,21-23H,5,7,19-20H2,(H,25,26). The lowest BCUT2D eigenvalue weighted by Gasteiger charge is -2.16. The maximum atomic E-state index is 12.7. The lowest BCUT2D eigenvalue weighted by molar-refractivity contribution is -0.138. The molecular weight excluding hydrogens is 340 g/mol. The molecule has 2 atom stereocenters. The summed E-state index contributed by atoms with van der Waals surface area (Å²) in [4.78, 5) is 23.6. The van der Waals surface area contributed by atoms with Crippen molar-refractivity contribution in [2.75, 3.05) is 0 Å². The molecule has 2 aromatic carbocycles. The van der Waals surface area contributed by atoms with Crippen molar-refractivity contribution in [3.63, 3.8) is 0 Å². The van der Waals surface area contributed by atoms with Crippen LogP contribution in [0.5, 0.6) is 17.2 Å². The van der Waals surface area contributed by atoms with Gasteiger partial charge in [-0.25, -0.2) is 0 Å². The number of phenolic OH excluding ortho intramolecular Hbond substituents is 3. The summed E-state index contributed by atoms with van der Waals surface area (Å²) in [6, 6.07) is 5.90. The molecule has 8 nitrogen and oxygen atoms in total. The Morgan fingerprint density at radius 1 is 0.885 bits per heavy atom. The summed E-state index contributed by atoms with van der Waals surface area (Å²) < 4.78 is 0. The third-order valence-electron chi connectivity index (χ3n) is 3.95. The molecule has 8 heteroatoms. The number of hydrogen-bond acceptors (Lipinski definition) is 7. The van der Waals surface area contributed by atoms with Crippen LogP contribution in [0.4, 0.5) is 0 Å². The van der Waals surface area contributed by atoms with Crippen LogP contribution in [0.3, 0.4) is 0 Å². The summed E-state index contributed by atoms with van der Waals surface area (Å²) in [5.41, 5.74) is 12.5. The summed E-state index contributed by atoms with van der Waals surface area (Å²) in [6.07, 6.45) is -0.0177. The van der Waals surface area contributed by atoms with Crippen molar-refractivity contribution in [2.45, 2.75) is 24.9 Å². The van der Waals surface area contributed by atoms with Crippen molar-refractivity contribution in [1.82, 2.24) is 0 Å². The van der Waals surface area contributed by atoms with Crippen LogP contribution < -0.4 is 11.5 Å². The highest BCUT2D eigenvalue weighted by atomic mass is 16.4. The summed E-state index contributed by atoms with van der Waals surface area (Å²) in [7, 11) is 0. The SMILES string of the molecule is NC(Cc1ccc(O)cc1C(=O)C(N)Cc1ccc(O)c(O)c1)C(=O)O. The fourth-order valence-electron chi connectivity index (χ4n) is 2.54. The molecule has 138 valence electrons. The van der Waals surface area contributed by atoms with Crippen LogP contribution in [-0.4, -0.2) is 44.3 Å². The molecule has 2 unspecified atom stereocenters. The molecule has 2 rings (SSSR count). The first-order chi connectivity index (χ1) is 12.2. The van der Waals surface area contributed by atoms with Gasteiger partial charge in [-0.15, -0.1) is 0 Å². The van der Waals surface area contributed by atoms with Crippen LogP contribution in [0.2, 0.25) is 0 Å². The van der Waals surface area contributed by atoms with E-state index in [1.54, 1.807) is 0 Å². The summed E-state index contributed by atoms with van der Waals surface area (Å²) in [5.74, 6) is -2.48. The van der Waals surface area contributed by atoms with Crippen LogP contribution in [-0.2, 0) is 17.6 Å². The van der Waals surface area contributed by atoms with Crippen LogP contribution in [0, 0.1) is 0 Å². The van der Waals surface area contributed by atoms with Gasteiger partial charge in [0.25, 0.3) is 0 Å². The molecule has 0 bridgehead atoms. The first kappa shape index (κ1) is 19.2. The minimum absolute atomic E-state index is 0.0761. The van der Waals surface area contributed by atoms with Crippen LogP contribution >= 0.6 is 0 Å². The van der Waals surface area contributed by atoms with Crippen molar-refractivity contribution in [3.8, 4) is 17.2 Å². The molecule has 0 amide bonds. The van der Waals surface area contributed by atoms with Gasteiger partial charge in [-0.05, 0) is 48.2 Å². The van der Waals surface area contributed by atoms with Gasteiger partial charge >= 0.3 is 5.97 Å². The average molecular weight is 360 g/mol. The molecule has 0 aliphatic heterocycles. The smallest absolute Gasteiger partial charge is 0.320 e. The van der Waals surface area contributed by atoms with Gasteiger partial charge in [0.2, 0.25) is 0 Å². The van der Waals surface area contributed by atoms with Gasteiger partial charge in [-0.3, -0.25) is 9.59 Å². The Bertz CT molecular complexity index is 836. The van der Waals surface area contributed by atoms with Crippen molar-refractivity contribution < 1.29 is 30.0 Å². The van der Waals surface area contributed by atoms with E-state index in [-0.39, 0.29) is 35.7 Å². The monoisotopic (exact) mass is 360 g/mol.